The van der Waals surface area contributed by atoms with Gasteiger partial charge in [-0.25, -0.2) is 4.98 Å². The van der Waals surface area contributed by atoms with E-state index in [0.717, 1.165) is 17.8 Å². The molecule has 2 aromatic heterocycles. The van der Waals surface area contributed by atoms with E-state index < -0.39 is 0 Å². The first kappa shape index (κ1) is 8.38. The molecule has 2 rings (SSSR count). The van der Waals surface area contributed by atoms with Crippen LogP contribution in [0.3, 0.4) is 0 Å². The molecule has 0 spiro atoms. The van der Waals surface area contributed by atoms with E-state index in [0.29, 0.717) is 10.8 Å². The molecule has 0 atom stereocenters. The molecule has 2 heterocycles. The van der Waals surface area contributed by atoms with Crippen molar-refractivity contribution in [2.45, 2.75) is 13.3 Å². The summed E-state index contributed by atoms with van der Waals surface area (Å²) in [6.07, 6.45) is 2.61. The molecule has 0 fully saturated rings. The van der Waals surface area contributed by atoms with Gasteiger partial charge in [0.05, 0.1) is 10.7 Å². The maximum absolute atomic E-state index is 5.86. The van der Waals surface area contributed by atoms with Crippen molar-refractivity contribution in [3.05, 3.63) is 29.0 Å². The van der Waals surface area contributed by atoms with Crippen LogP contribution in [0.5, 0.6) is 0 Å². The number of nitrogen functional groups attached to an aromatic ring is 1. The Morgan fingerprint density at radius 3 is 3.00 bits per heavy atom. The molecule has 0 aliphatic rings. The number of hydrogen-bond acceptors (Lipinski definition) is 2. The number of anilines is 1. The number of rotatable bonds is 1. The van der Waals surface area contributed by atoms with Gasteiger partial charge >= 0.3 is 0 Å². The number of fused-ring (bicyclic) bond motifs is 1. The maximum atomic E-state index is 5.86. The zero-order chi connectivity index (χ0) is 9.42. The third-order valence-electron chi connectivity index (χ3n) is 2.03. The molecule has 0 aromatic carbocycles. The minimum atomic E-state index is 0.666. The lowest BCUT2D eigenvalue weighted by atomic mass is 10.3. The average Bonchev–Trinajstić information content (AvgIpc) is 2.44. The number of halogens is 1. The van der Waals surface area contributed by atoms with Gasteiger partial charge in [-0.15, -0.1) is 0 Å². The molecule has 68 valence electrons. The topological polar surface area (TPSA) is 43.3 Å². The number of aromatic nitrogens is 2. The first-order valence-electron chi connectivity index (χ1n) is 4.14. The van der Waals surface area contributed by atoms with Gasteiger partial charge in [0, 0.05) is 6.20 Å². The number of pyridine rings is 1. The Morgan fingerprint density at radius 2 is 2.31 bits per heavy atom. The lowest BCUT2D eigenvalue weighted by molar-refractivity contribution is 1.07. The molecule has 0 aliphatic heterocycles. The highest BCUT2D eigenvalue weighted by atomic mass is 35.5. The molecule has 0 saturated heterocycles. The highest BCUT2D eigenvalue weighted by Gasteiger charge is 2.06. The number of hydrogen-bond donors (Lipinski definition) is 1. The van der Waals surface area contributed by atoms with Gasteiger partial charge in [-0.05, 0) is 18.6 Å². The molecule has 3 nitrogen and oxygen atoms in total. The summed E-state index contributed by atoms with van der Waals surface area (Å²) < 4.78 is 1.81. The second-order valence-corrected chi connectivity index (χ2v) is 3.31. The van der Waals surface area contributed by atoms with E-state index in [9.17, 15) is 0 Å². The Labute approximate surface area is 81.1 Å². The zero-order valence-corrected chi connectivity index (χ0v) is 8.04. The molecule has 2 aromatic rings. The van der Waals surface area contributed by atoms with E-state index in [1.165, 1.54) is 0 Å². The van der Waals surface area contributed by atoms with Gasteiger partial charge in [0.1, 0.15) is 11.5 Å². The molecule has 0 aliphatic carbocycles. The van der Waals surface area contributed by atoms with Gasteiger partial charge in [0.15, 0.2) is 0 Å². The predicted molar refractivity (Wildman–Crippen MR) is 54.0 cm³/mol. The van der Waals surface area contributed by atoms with Crippen molar-refractivity contribution in [2.24, 2.45) is 0 Å². The molecular formula is C9H10ClN3. The molecule has 0 bridgehead atoms. The summed E-state index contributed by atoms with van der Waals surface area (Å²) in [4.78, 5) is 4.35. The normalized spacial score (nSPS) is 10.9. The smallest absolute Gasteiger partial charge is 0.138 e. The zero-order valence-electron chi connectivity index (χ0n) is 7.29. The van der Waals surface area contributed by atoms with Gasteiger partial charge in [-0.2, -0.15) is 0 Å². The van der Waals surface area contributed by atoms with Gasteiger partial charge in [0.2, 0.25) is 0 Å². The average molecular weight is 196 g/mol. The number of aryl methyl sites for hydroxylation is 1. The predicted octanol–water partition coefficient (Wildman–Crippen LogP) is 2.13. The van der Waals surface area contributed by atoms with Crippen molar-refractivity contribution in [3.63, 3.8) is 0 Å². The summed E-state index contributed by atoms with van der Waals surface area (Å²) in [5.74, 6) is 0.681. The molecule has 13 heavy (non-hydrogen) atoms. The standard InChI is InChI=1S/C9H10ClN3/c1-2-7-9(11)13-5-6(10)3-4-8(13)12-7/h3-5H,2,11H2,1H3. The fraction of sp³-hybridized carbons (Fsp3) is 0.222. The summed E-state index contributed by atoms with van der Waals surface area (Å²) in [6, 6.07) is 3.67. The molecular weight excluding hydrogens is 186 g/mol. The lowest BCUT2D eigenvalue weighted by Crippen LogP contribution is -1.94. The molecule has 0 amide bonds. The van der Waals surface area contributed by atoms with Crippen molar-refractivity contribution in [1.82, 2.24) is 9.38 Å². The first-order chi connectivity index (χ1) is 6.22. The van der Waals surface area contributed by atoms with Crippen LogP contribution in [0, 0.1) is 0 Å². The van der Waals surface area contributed by atoms with Crippen molar-refractivity contribution < 1.29 is 0 Å². The Morgan fingerprint density at radius 1 is 1.54 bits per heavy atom. The van der Waals surface area contributed by atoms with Crippen molar-refractivity contribution in [3.8, 4) is 0 Å². The van der Waals surface area contributed by atoms with Crippen LogP contribution in [0.1, 0.15) is 12.6 Å². The highest BCUT2D eigenvalue weighted by Crippen LogP contribution is 2.18. The Balaban J connectivity index is 2.77. The number of imidazole rings is 1. The van der Waals surface area contributed by atoms with Crippen molar-refractivity contribution >= 4 is 23.1 Å². The molecule has 0 unspecified atom stereocenters. The summed E-state index contributed by atoms with van der Waals surface area (Å²) in [5, 5.41) is 0.666. The van der Waals surface area contributed by atoms with Crippen molar-refractivity contribution in [1.29, 1.82) is 0 Å². The van der Waals surface area contributed by atoms with Crippen LogP contribution in [0.4, 0.5) is 5.82 Å². The van der Waals surface area contributed by atoms with E-state index >= 15 is 0 Å². The Kier molecular flexibility index (Phi) is 1.88. The minimum Gasteiger partial charge on any atom is -0.383 e. The third-order valence-corrected chi connectivity index (χ3v) is 2.25. The van der Waals surface area contributed by atoms with Gasteiger partial charge < -0.3 is 5.73 Å². The molecule has 4 heteroatoms. The summed E-state index contributed by atoms with van der Waals surface area (Å²) in [6.45, 7) is 2.03. The van der Waals surface area contributed by atoms with Gasteiger partial charge in [-0.3, -0.25) is 4.40 Å². The van der Waals surface area contributed by atoms with E-state index in [1.54, 1.807) is 10.6 Å². The Hall–Kier alpha value is -1.22. The fourth-order valence-corrected chi connectivity index (χ4v) is 1.51. The quantitative estimate of drug-likeness (QED) is 0.758. The number of nitrogens with zero attached hydrogens (tertiary/aromatic N) is 2. The van der Waals surface area contributed by atoms with E-state index in [-0.39, 0.29) is 0 Å². The highest BCUT2D eigenvalue weighted by molar-refractivity contribution is 6.30. The first-order valence-corrected chi connectivity index (χ1v) is 4.52. The monoisotopic (exact) mass is 195 g/mol. The number of nitrogens with two attached hydrogens (primary N) is 1. The minimum absolute atomic E-state index is 0.666. The van der Waals surface area contributed by atoms with Crippen LogP contribution in [0.2, 0.25) is 5.02 Å². The molecule has 0 radical (unpaired) electrons. The summed E-state index contributed by atoms with van der Waals surface area (Å²) in [5.41, 5.74) is 7.63. The molecule has 2 N–H and O–H groups in total. The van der Waals surface area contributed by atoms with Crippen LogP contribution < -0.4 is 5.73 Å². The van der Waals surface area contributed by atoms with Crippen LogP contribution in [0.15, 0.2) is 18.3 Å². The van der Waals surface area contributed by atoms with Crippen LogP contribution in [-0.4, -0.2) is 9.38 Å². The van der Waals surface area contributed by atoms with Gasteiger partial charge in [0.25, 0.3) is 0 Å². The van der Waals surface area contributed by atoms with Crippen LogP contribution in [0.25, 0.3) is 5.65 Å². The second-order valence-electron chi connectivity index (χ2n) is 2.87. The largest absolute Gasteiger partial charge is 0.383 e. The summed E-state index contributed by atoms with van der Waals surface area (Å²) >= 11 is 5.84. The van der Waals surface area contributed by atoms with Crippen LogP contribution in [-0.2, 0) is 6.42 Å². The fourth-order valence-electron chi connectivity index (χ4n) is 1.35. The van der Waals surface area contributed by atoms with E-state index in [2.05, 4.69) is 4.98 Å². The van der Waals surface area contributed by atoms with Crippen molar-refractivity contribution in [2.75, 3.05) is 5.73 Å². The molecule has 0 saturated carbocycles. The van der Waals surface area contributed by atoms with Crippen LogP contribution >= 0.6 is 11.6 Å². The third kappa shape index (κ3) is 1.25. The Bertz CT molecular complexity index is 447. The maximum Gasteiger partial charge on any atom is 0.138 e. The van der Waals surface area contributed by atoms with E-state index in [4.69, 9.17) is 17.3 Å². The lowest BCUT2D eigenvalue weighted by Gasteiger charge is -1.96. The SMILES string of the molecule is CCc1nc2ccc(Cl)cn2c1N. The summed E-state index contributed by atoms with van der Waals surface area (Å²) in [7, 11) is 0. The second kappa shape index (κ2) is 2.92. The van der Waals surface area contributed by atoms with Gasteiger partial charge in [-0.1, -0.05) is 18.5 Å². The van der Waals surface area contributed by atoms with E-state index in [1.807, 2.05) is 19.1 Å².